The zero-order chi connectivity index (χ0) is 23.2. The summed E-state index contributed by atoms with van der Waals surface area (Å²) >= 11 is 0. The quantitative estimate of drug-likeness (QED) is 0.196. The van der Waals surface area contributed by atoms with Crippen LogP contribution in [-0.2, 0) is 25.4 Å². The Labute approximate surface area is 179 Å². The van der Waals surface area contributed by atoms with Gasteiger partial charge in [0.1, 0.15) is 17.8 Å². The smallest absolute Gasteiger partial charge is 0.275 e. The van der Waals surface area contributed by atoms with Crippen molar-refractivity contribution in [3.05, 3.63) is 64.1 Å². The summed E-state index contributed by atoms with van der Waals surface area (Å²) in [6, 6.07) is 10.0. The summed E-state index contributed by atoms with van der Waals surface area (Å²) in [4.78, 5) is 30.6. The van der Waals surface area contributed by atoms with Gasteiger partial charge >= 0.3 is 0 Å². The number of primary amides is 1. The maximum absolute atomic E-state index is 13.1. The van der Waals surface area contributed by atoms with E-state index in [1.807, 2.05) is 0 Å². The first-order chi connectivity index (χ1) is 14.6. The van der Waals surface area contributed by atoms with Gasteiger partial charge in [0, 0.05) is 5.69 Å². The molecule has 0 saturated heterocycles. The van der Waals surface area contributed by atoms with Crippen molar-refractivity contribution < 1.29 is 18.0 Å². The number of nitrogens with one attached hydrogen (secondary N) is 3. The lowest BCUT2D eigenvalue weighted by Crippen LogP contribution is -2.46. The Morgan fingerprint density at radius 1 is 1.19 bits per heavy atom. The predicted octanol–water partition coefficient (Wildman–Crippen LogP) is 0.318. The van der Waals surface area contributed by atoms with Crippen LogP contribution in [0.1, 0.15) is 30.6 Å². The number of hydrogen-bond donors (Lipinski definition) is 5. The van der Waals surface area contributed by atoms with Gasteiger partial charge in [-0.25, -0.2) is 13.9 Å². The van der Waals surface area contributed by atoms with Crippen LogP contribution in [-0.4, -0.2) is 31.0 Å². The zero-order valence-electron chi connectivity index (χ0n) is 17.2. The van der Waals surface area contributed by atoms with Gasteiger partial charge in [0.05, 0.1) is 5.75 Å². The molecular weight excluding hydrogens is 424 g/mol. The lowest BCUT2D eigenvalue weighted by molar-refractivity contribution is -0.128. The summed E-state index contributed by atoms with van der Waals surface area (Å²) in [6.07, 6.45) is -0.710. The van der Waals surface area contributed by atoms with Crippen LogP contribution in [0.4, 0.5) is 5.69 Å². The van der Waals surface area contributed by atoms with Crippen molar-refractivity contribution in [2.24, 2.45) is 11.5 Å². The molecular formula is C19H26N6O5S. The number of nitrogens with zero attached hydrogens (tertiary/aromatic N) is 1. The molecule has 168 valence electrons. The number of sulfonamides is 1. The number of amides is 1. The molecule has 0 radical (unpaired) electrons. The van der Waals surface area contributed by atoms with E-state index in [-0.39, 0.29) is 17.9 Å². The van der Waals surface area contributed by atoms with Crippen LogP contribution < -0.4 is 27.2 Å². The monoisotopic (exact) mass is 450 g/mol. The third-order valence-electron chi connectivity index (χ3n) is 4.43. The van der Waals surface area contributed by atoms with Crippen LogP contribution in [0, 0.1) is 12.3 Å². The molecule has 0 aliphatic heterocycles. The number of benzene rings is 1. The minimum absolute atomic E-state index is 0.234. The largest absolute Gasteiger partial charge is 0.368 e. The van der Waals surface area contributed by atoms with Crippen molar-refractivity contribution in [3.63, 3.8) is 0 Å². The van der Waals surface area contributed by atoms with Crippen molar-refractivity contribution >= 4 is 27.6 Å². The van der Waals surface area contributed by atoms with E-state index >= 15 is 0 Å². The average Bonchev–Trinajstić information content (AvgIpc) is 2.69. The molecule has 1 aromatic carbocycles. The Kier molecular flexibility index (Phi) is 7.78. The second kappa shape index (κ2) is 10.1. The van der Waals surface area contributed by atoms with Crippen LogP contribution in [0.3, 0.4) is 0 Å². The average molecular weight is 451 g/mol. The molecule has 2 atom stereocenters. The minimum atomic E-state index is -3.90. The highest BCUT2D eigenvalue weighted by Gasteiger charge is 2.31. The number of nitrogens with two attached hydrogens (primary N) is 2. The van der Waals surface area contributed by atoms with E-state index in [4.69, 9.17) is 21.7 Å². The summed E-state index contributed by atoms with van der Waals surface area (Å²) in [6.45, 7) is 3.26. The van der Waals surface area contributed by atoms with Gasteiger partial charge in [-0.15, -0.1) is 0 Å². The first-order valence-corrected chi connectivity index (χ1v) is 11.0. The maximum Gasteiger partial charge on any atom is 0.275 e. The highest BCUT2D eigenvalue weighted by molar-refractivity contribution is 7.91. The molecule has 7 N–H and O–H groups in total. The predicted molar refractivity (Wildman–Crippen MR) is 117 cm³/mol. The number of carbonyl (C=O) groups is 1. The van der Waals surface area contributed by atoms with E-state index in [9.17, 15) is 18.0 Å². The molecule has 0 aliphatic rings. The standard InChI is InChI=1S/C19H26N6O5S/c1-3-15(30-23-19(21)22)16(17(20)26)25-12(2)9-10-14(18(25)27)24-31(28,29)11-13-7-5-4-6-8-13/h4-10,15-16,24H,3,11H2,1-2H3,(H2,20,26)(H4,21,22,23). The number of aryl methyl sites for hydroxylation is 1. The van der Waals surface area contributed by atoms with E-state index in [0.717, 1.165) is 4.57 Å². The molecule has 0 fully saturated rings. The molecule has 1 amide bonds. The van der Waals surface area contributed by atoms with Gasteiger partial charge in [0.25, 0.3) is 5.56 Å². The number of hydrogen-bond acceptors (Lipinski definition) is 6. The van der Waals surface area contributed by atoms with Crippen LogP contribution in [0.25, 0.3) is 0 Å². The molecule has 1 heterocycles. The molecule has 2 unspecified atom stereocenters. The van der Waals surface area contributed by atoms with Crippen molar-refractivity contribution in [1.82, 2.24) is 10.0 Å². The molecule has 2 aromatic rings. The van der Waals surface area contributed by atoms with Gasteiger partial charge in [-0.3, -0.25) is 29.1 Å². The molecule has 31 heavy (non-hydrogen) atoms. The normalized spacial score (nSPS) is 13.2. The van der Waals surface area contributed by atoms with Gasteiger partial charge in [-0.2, -0.15) is 0 Å². The summed E-state index contributed by atoms with van der Waals surface area (Å²) < 4.78 is 28.5. The van der Waals surface area contributed by atoms with E-state index in [0.29, 0.717) is 11.3 Å². The molecule has 12 heteroatoms. The van der Waals surface area contributed by atoms with Gasteiger partial charge in [-0.1, -0.05) is 37.3 Å². The summed E-state index contributed by atoms with van der Waals surface area (Å²) in [5.74, 6) is -1.69. The number of carbonyl (C=O) groups excluding carboxylic acids is 1. The Bertz CT molecular complexity index is 1100. The molecule has 0 aliphatic carbocycles. The summed E-state index contributed by atoms with van der Waals surface area (Å²) in [5.41, 5.74) is 12.8. The van der Waals surface area contributed by atoms with Crippen LogP contribution in [0.2, 0.25) is 0 Å². The topological polar surface area (TPSA) is 182 Å². The Hall–Kier alpha value is -3.38. The third-order valence-corrected chi connectivity index (χ3v) is 5.67. The minimum Gasteiger partial charge on any atom is -0.368 e. The number of hydroxylamine groups is 1. The molecule has 2 rings (SSSR count). The lowest BCUT2D eigenvalue weighted by atomic mass is 10.1. The van der Waals surface area contributed by atoms with E-state index in [1.54, 1.807) is 44.2 Å². The van der Waals surface area contributed by atoms with Gasteiger partial charge in [-0.05, 0) is 31.0 Å². The Morgan fingerprint density at radius 2 is 1.84 bits per heavy atom. The Morgan fingerprint density at radius 3 is 2.39 bits per heavy atom. The van der Waals surface area contributed by atoms with Crippen molar-refractivity contribution in [3.8, 4) is 0 Å². The third kappa shape index (κ3) is 6.30. The number of pyridine rings is 1. The fraction of sp³-hybridized carbons (Fsp3) is 0.316. The molecule has 1 aromatic heterocycles. The highest BCUT2D eigenvalue weighted by atomic mass is 32.2. The number of rotatable bonds is 10. The second-order valence-electron chi connectivity index (χ2n) is 6.84. The van der Waals surface area contributed by atoms with Crippen molar-refractivity contribution in [1.29, 1.82) is 5.41 Å². The molecule has 11 nitrogen and oxygen atoms in total. The van der Waals surface area contributed by atoms with Crippen molar-refractivity contribution in [2.75, 3.05) is 4.72 Å². The summed E-state index contributed by atoms with van der Waals surface area (Å²) in [5, 5.41) is 7.21. The molecule has 0 saturated carbocycles. The first kappa shape index (κ1) is 23.9. The SMILES string of the molecule is CCC(ONC(=N)N)C(C(N)=O)n1c(C)ccc(NS(=O)(=O)Cc2ccccc2)c1=O. The second-order valence-corrected chi connectivity index (χ2v) is 8.56. The maximum atomic E-state index is 13.1. The van der Waals surface area contributed by atoms with Gasteiger partial charge in [0.15, 0.2) is 0 Å². The van der Waals surface area contributed by atoms with Crippen LogP contribution in [0.15, 0.2) is 47.3 Å². The molecule has 0 bridgehead atoms. The first-order valence-electron chi connectivity index (χ1n) is 9.37. The fourth-order valence-electron chi connectivity index (χ4n) is 3.05. The van der Waals surface area contributed by atoms with E-state index < -0.39 is 39.6 Å². The molecule has 0 spiro atoms. The van der Waals surface area contributed by atoms with Crippen LogP contribution in [0.5, 0.6) is 0 Å². The summed E-state index contributed by atoms with van der Waals surface area (Å²) in [7, 11) is -3.90. The van der Waals surface area contributed by atoms with Crippen LogP contribution >= 0.6 is 0 Å². The highest BCUT2D eigenvalue weighted by Crippen LogP contribution is 2.19. The zero-order valence-corrected chi connectivity index (χ0v) is 18.0. The Balaban J connectivity index is 2.42. The fourth-order valence-corrected chi connectivity index (χ4v) is 4.25. The number of aromatic nitrogens is 1. The van der Waals surface area contributed by atoms with Gasteiger partial charge in [0.2, 0.25) is 21.9 Å². The van der Waals surface area contributed by atoms with Gasteiger partial charge < -0.3 is 11.5 Å². The lowest BCUT2D eigenvalue weighted by Gasteiger charge is -2.27. The van der Waals surface area contributed by atoms with E-state index in [1.165, 1.54) is 12.1 Å². The van der Waals surface area contributed by atoms with E-state index in [2.05, 4.69) is 10.2 Å². The van der Waals surface area contributed by atoms with Crippen molar-refractivity contribution in [2.45, 2.75) is 38.2 Å². The number of anilines is 1. The number of guanidine groups is 1.